The Labute approximate surface area is 106 Å². The predicted octanol–water partition coefficient (Wildman–Crippen LogP) is 2.10. The van der Waals surface area contributed by atoms with Gasteiger partial charge in [-0.3, -0.25) is 0 Å². The molecule has 3 nitrogen and oxygen atoms in total. The summed E-state index contributed by atoms with van der Waals surface area (Å²) in [5, 5.41) is 13.1. The second-order valence-electron chi connectivity index (χ2n) is 5.25. The Hall–Kier alpha value is -0.330. The summed E-state index contributed by atoms with van der Waals surface area (Å²) in [6, 6.07) is 0. The number of hydrogen-bond donors (Lipinski definition) is 2. The summed E-state index contributed by atoms with van der Waals surface area (Å²) in [5.74, 6) is 0.653. The first kappa shape index (κ1) is 15.7. The fourth-order valence-corrected chi connectivity index (χ4v) is 2.13. The Morgan fingerprint density at radius 3 is 2.50 bits per heavy atom. The maximum atomic E-state index is 11.8. The van der Waals surface area contributed by atoms with Crippen molar-refractivity contribution >= 4 is 0 Å². The van der Waals surface area contributed by atoms with Crippen molar-refractivity contribution in [3.05, 3.63) is 0 Å². The number of halogens is 3. The summed E-state index contributed by atoms with van der Waals surface area (Å²) in [5.41, 5.74) is -0.698. The smallest absolute Gasteiger partial charge is 0.389 e. The van der Waals surface area contributed by atoms with Crippen LogP contribution in [-0.2, 0) is 4.74 Å². The van der Waals surface area contributed by atoms with Gasteiger partial charge in [0.2, 0.25) is 0 Å². The van der Waals surface area contributed by atoms with Crippen LogP contribution in [0.15, 0.2) is 0 Å². The lowest BCUT2D eigenvalue weighted by atomic mass is 9.79. The molecule has 0 saturated heterocycles. The van der Waals surface area contributed by atoms with Gasteiger partial charge in [0.15, 0.2) is 0 Å². The molecule has 1 aliphatic carbocycles. The van der Waals surface area contributed by atoms with Gasteiger partial charge >= 0.3 is 6.18 Å². The minimum atomic E-state index is -4.27. The fourth-order valence-electron chi connectivity index (χ4n) is 2.13. The molecule has 0 heterocycles. The second kappa shape index (κ2) is 6.73. The molecular formula is C12H22F3NO2. The standard InChI is InChI=1S/C12H22F3NO2/c1-10-2-4-11(17,5-3-10)8-16-6-7-18-9-12(13,14)15/h10,16-17H,2-9H2,1H3. The number of rotatable bonds is 6. The van der Waals surface area contributed by atoms with Crippen LogP contribution in [-0.4, -0.2) is 43.2 Å². The molecule has 0 amide bonds. The number of alkyl halides is 3. The second-order valence-corrected chi connectivity index (χ2v) is 5.25. The number of hydrogen-bond acceptors (Lipinski definition) is 3. The van der Waals surface area contributed by atoms with Gasteiger partial charge in [-0.15, -0.1) is 0 Å². The lowest BCUT2D eigenvalue weighted by molar-refractivity contribution is -0.173. The van der Waals surface area contributed by atoms with Crippen molar-refractivity contribution in [2.75, 3.05) is 26.3 Å². The first-order chi connectivity index (χ1) is 8.31. The van der Waals surface area contributed by atoms with Gasteiger partial charge in [0.25, 0.3) is 0 Å². The van der Waals surface area contributed by atoms with E-state index in [9.17, 15) is 18.3 Å². The average molecular weight is 269 g/mol. The highest BCUT2D eigenvalue weighted by molar-refractivity contribution is 4.86. The molecule has 2 N–H and O–H groups in total. The minimum absolute atomic E-state index is 0.00595. The molecule has 0 aromatic carbocycles. The topological polar surface area (TPSA) is 41.5 Å². The van der Waals surface area contributed by atoms with E-state index < -0.39 is 18.4 Å². The van der Waals surface area contributed by atoms with E-state index in [1.54, 1.807) is 0 Å². The third-order valence-electron chi connectivity index (χ3n) is 3.35. The van der Waals surface area contributed by atoms with Crippen LogP contribution in [0.3, 0.4) is 0 Å². The van der Waals surface area contributed by atoms with E-state index in [-0.39, 0.29) is 6.61 Å². The van der Waals surface area contributed by atoms with E-state index in [1.807, 2.05) is 0 Å². The van der Waals surface area contributed by atoms with Crippen LogP contribution < -0.4 is 5.32 Å². The molecule has 0 atom stereocenters. The maximum Gasteiger partial charge on any atom is 0.411 e. The Balaban J connectivity index is 2.04. The zero-order valence-corrected chi connectivity index (χ0v) is 10.7. The molecule has 0 aliphatic heterocycles. The normalized spacial score (nSPS) is 29.5. The Morgan fingerprint density at radius 2 is 1.94 bits per heavy atom. The summed E-state index contributed by atoms with van der Waals surface area (Å²) in [6.45, 7) is 1.71. The SMILES string of the molecule is CC1CCC(O)(CNCCOCC(F)(F)F)CC1. The van der Waals surface area contributed by atoms with Crippen molar-refractivity contribution in [1.82, 2.24) is 5.32 Å². The molecule has 0 aromatic rings. The van der Waals surface area contributed by atoms with E-state index in [0.29, 0.717) is 19.0 Å². The van der Waals surface area contributed by atoms with E-state index >= 15 is 0 Å². The van der Waals surface area contributed by atoms with Gasteiger partial charge < -0.3 is 15.2 Å². The van der Waals surface area contributed by atoms with Crippen LogP contribution >= 0.6 is 0 Å². The summed E-state index contributed by atoms with van der Waals surface area (Å²) >= 11 is 0. The third-order valence-corrected chi connectivity index (χ3v) is 3.35. The summed E-state index contributed by atoms with van der Waals surface area (Å²) < 4.78 is 39.8. The van der Waals surface area contributed by atoms with Crippen molar-refractivity contribution < 1.29 is 23.0 Å². The molecule has 18 heavy (non-hydrogen) atoms. The largest absolute Gasteiger partial charge is 0.411 e. The first-order valence-electron chi connectivity index (χ1n) is 6.38. The monoisotopic (exact) mass is 269 g/mol. The van der Waals surface area contributed by atoms with Gasteiger partial charge in [0.05, 0.1) is 12.2 Å². The van der Waals surface area contributed by atoms with Crippen molar-refractivity contribution in [3.8, 4) is 0 Å². The van der Waals surface area contributed by atoms with E-state index in [0.717, 1.165) is 25.7 Å². The fraction of sp³-hybridized carbons (Fsp3) is 1.00. The van der Waals surface area contributed by atoms with Crippen molar-refractivity contribution in [3.63, 3.8) is 0 Å². The van der Waals surface area contributed by atoms with Crippen molar-refractivity contribution in [2.24, 2.45) is 5.92 Å². The van der Waals surface area contributed by atoms with Crippen LogP contribution in [0.4, 0.5) is 13.2 Å². The molecule has 0 aromatic heterocycles. The highest BCUT2D eigenvalue weighted by atomic mass is 19.4. The van der Waals surface area contributed by atoms with Crippen molar-refractivity contribution in [2.45, 2.75) is 44.4 Å². The Bertz CT molecular complexity index is 238. The van der Waals surface area contributed by atoms with Crippen molar-refractivity contribution in [1.29, 1.82) is 0 Å². The molecule has 0 radical (unpaired) electrons. The van der Waals surface area contributed by atoms with Gasteiger partial charge in [-0.2, -0.15) is 13.2 Å². The van der Waals surface area contributed by atoms with E-state index in [2.05, 4.69) is 17.0 Å². The molecule has 1 fully saturated rings. The van der Waals surface area contributed by atoms with Crippen LogP contribution in [0.5, 0.6) is 0 Å². The van der Waals surface area contributed by atoms with Gasteiger partial charge in [0, 0.05) is 13.1 Å². The molecule has 1 aliphatic rings. The number of nitrogens with one attached hydrogen (secondary N) is 1. The zero-order chi connectivity index (χ0) is 13.6. The van der Waals surface area contributed by atoms with Gasteiger partial charge in [-0.1, -0.05) is 6.92 Å². The quantitative estimate of drug-likeness (QED) is 0.726. The number of ether oxygens (including phenoxy) is 1. The molecule has 0 spiro atoms. The zero-order valence-electron chi connectivity index (χ0n) is 10.7. The van der Waals surface area contributed by atoms with E-state index in [1.165, 1.54) is 0 Å². The van der Waals surface area contributed by atoms with Crippen LogP contribution in [0.25, 0.3) is 0 Å². The maximum absolute atomic E-state index is 11.8. The van der Waals surface area contributed by atoms with Gasteiger partial charge in [0.1, 0.15) is 6.61 Å². The lowest BCUT2D eigenvalue weighted by Crippen LogP contribution is -2.44. The highest BCUT2D eigenvalue weighted by Crippen LogP contribution is 2.31. The summed E-state index contributed by atoms with van der Waals surface area (Å²) in [4.78, 5) is 0. The third kappa shape index (κ3) is 6.56. The Morgan fingerprint density at radius 1 is 1.33 bits per heavy atom. The molecular weight excluding hydrogens is 247 g/mol. The minimum Gasteiger partial charge on any atom is -0.389 e. The first-order valence-corrected chi connectivity index (χ1v) is 6.38. The van der Waals surface area contributed by atoms with E-state index in [4.69, 9.17) is 0 Å². The molecule has 1 rings (SSSR count). The molecule has 1 saturated carbocycles. The van der Waals surface area contributed by atoms with Crippen LogP contribution in [0.1, 0.15) is 32.6 Å². The molecule has 6 heteroatoms. The summed E-state index contributed by atoms with van der Waals surface area (Å²) in [7, 11) is 0. The summed E-state index contributed by atoms with van der Waals surface area (Å²) in [6.07, 6.45) is -0.752. The molecule has 108 valence electrons. The Kier molecular flexibility index (Phi) is 5.88. The lowest BCUT2D eigenvalue weighted by Gasteiger charge is -2.35. The number of aliphatic hydroxyl groups is 1. The average Bonchev–Trinajstić information content (AvgIpc) is 2.27. The van der Waals surface area contributed by atoms with Gasteiger partial charge in [-0.05, 0) is 31.6 Å². The molecule has 0 unspecified atom stereocenters. The van der Waals surface area contributed by atoms with Crippen LogP contribution in [0.2, 0.25) is 0 Å². The molecule has 0 bridgehead atoms. The van der Waals surface area contributed by atoms with Gasteiger partial charge in [-0.25, -0.2) is 0 Å². The predicted molar refractivity (Wildman–Crippen MR) is 62.3 cm³/mol. The van der Waals surface area contributed by atoms with Crippen LogP contribution in [0, 0.1) is 5.92 Å². The highest BCUT2D eigenvalue weighted by Gasteiger charge is 2.31.